The number of hydrogen-bond donors (Lipinski definition) is 1. The van der Waals surface area contributed by atoms with Gasteiger partial charge in [-0.2, -0.15) is 4.31 Å². The van der Waals surface area contributed by atoms with E-state index in [4.69, 9.17) is 0 Å². The molecule has 0 spiro atoms. The van der Waals surface area contributed by atoms with Gasteiger partial charge in [0.1, 0.15) is 4.21 Å². The first-order chi connectivity index (χ1) is 9.07. The number of sulfonamides is 1. The highest BCUT2D eigenvalue weighted by Gasteiger charge is 2.23. The molecule has 2 rings (SSSR count). The van der Waals surface area contributed by atoms with Gasteiger partial charge in [0.2, 0.25) is 0 Å². The van der Waals surface area contributed by atoms with Gasteiger partial charge in [-0.3, -0.25) is 0 Å². The Morgan fingerprint density at radius 1 is 1.32 bits per heavy atom. The third-order valence-corrected chi connectivity index (χ3v) is 6.98. The predicted octanol–water partition coefficient (Wildman–Crippen LogP) is 2.07. The lowest BCUT2D eigenvalue weighted by Crippen LogP contribution is -2.29. The molecule has 1 aromatic rings. The molecule has 4 nitrogen and oxygen atoms in total. The van der Waals surface area contributed by atoms with Crippen LogP contribution in [0.25, 0.3) is 0 Å². The van der Waals surface area contributed by atoms with Crippen LogP contribution in [0, 0.1) is 0 Å². The van der Waals surface area contributed by atoms with Gasteiger partial charge in [0.15, 0.2) is 0 Å². The van der Waals surface area contributed by atoms with Crippen molar-refractivity contribution in [1.29, 1.82) is 0 Å². The molecule has 1 aliphatic rings. The van der Waals surface area contributed by atoms with E-state index in [0.717, 1.165) is 17.8 Å². The van der Waals surface area contributed by atoms with Crippen molar-refractivity contribution in [2.45, 2.75) is 43.4 Å². The lowest BCUT2D eigenvalue weighted by molar-refractivity contribution is 0.447. The number of nitrogens with zero attached hydrogens (tertiary/aromatic N) is 1. The van der Waals surface area contributed by atoms with Crippen LogP contribution in [0.3, 0.4) is 0 Å². The van der Waals surface area contributed by atoms with Gasteiger partial charge >= 0.3 is 0 Å². The Hall–Kier alpha value is -0.430. The number of nitrogens with one attached hydrogen (secondary N) is 1. The van der Waals surface area contributed by atoms with E-state index in [-0.39, 0.29) is 0 Å². The Kier molecular flexibility index (Phi) is 5.00. The molecule has 6 heteroatoms. The normalized spacial score (nSPS) is 16.2. The Morgan fingerprint density at radius 2 is 2.00 bits per heavy atom. The van der Waals surface area contributed by atoms with Crippen molar-refractivity contribution in [3.8, 4) is 0 Å². The Morgan fingerprint density at radius 3 is 2.58 bits per heavy atom. The van der Waals surface area contributed by atoms with Gasteiger partial charge in [0, 0.05) is 30.6 Å². The van der Waals surface area contributed by atoms with Gasteiger partial charge in [-0.05, 0) is 31.4 Å². The van der Waals surface area contributed by atoms with Gasteiger partial charge in [-0.1, -0.05) is 13.8 Å². The summed E-state index contributed by atoms with van der Waals surface area (Å²) in [7, 11) is -3.28. The molecular formula is C13H22N2O2S2. The summed E-state index contributed by atoms with van der Waals surface area (Å²) in [4.78, 5) is 1.14. The summed E-state index contributed by atoms with van der Waals surface area (Å²) >= 11 is 1.40. The summed E-state index contributed by atoms with van der Waals surface area (Å²) in [5.41, 5.74) is 0. The van der Waals surface area contributed by atoms with E-state index in [1.165, 1.54) is 28.5 Å². The highest BCUT2D eigenvalue weighted by molar-refractivity contribution is 7.91. The van der Waals surface area contributed by atoms with Crippen LogP contribution in [0.4, 0.5) is 0 Å². The molecular weight excluding hydrogens is 280 g/mol. The van der Waals surface area contributed by atoms with E-state index in [2.05, 4.69) is 5.32 Å². The average Bonchev–Trinajstić information content (AvgIpc) is 3.06. The molecule has 1 fully saturated rings. The molecule has 0 atom stereocenters. The molecule has 0 aliphatic heterocycles. The first kappa shape index (κ1) is 15.0. The Bertz CT molecular complexity index is 502. The maximum atomic E-state index is 12.3. The largest absolute Gasteiger partial charge is 0.314 e. The van der Waals surface area contributed by atoms with Gasteiger partial charge in [0.25, 0.3) is 10.0 Å². The van der Waals surface area contributed by atoms with Crippen LogP contribution in [0.5, 0.6) is 0 Å². The molecule has 0 saturated heterocycles. The first-order valence-electron chi connectivity index (χ1n) is 6.90. The van der Waals surface area contributed by atoms with Crippen molar-refractivity contribution < 1.29 is 8.42 Å². The second-order valence-corrected chi connectivity index (χ2v) is 8.12. The van der Waals surface area contributed by atoms with Crippen LogP contribution in [-0.4, -0.2) is 38.4 Å². The SMILES string of the molecule is CCN(CC)S(=O)(=O)c1ccc(CCNC2CC2)s1. The molecule has 0 unspecified atom stereocenters. The van der Waals surface area contributed by atoms with Crippen molar-refractivity contribution in [1.82, 2.24) is 9.62 Å². The standard InChI is InChI=1S/C13H22N2O2S2/c1-3-15(4-2)19(16,17)13-8-7-12(18-13)9-10-14-11-5-6-11/h7-8,11,14H,3-6,9-10H2,1-2H3. The summed E-state index contributed by atoms with van der Waals surface area (Å²) in [6.07, 6.45) is 3.48. The van der Waals surface area contributed by atoms with Crippen molar-refractivity contribution in [3.63, 3.8) is 0 Å². The molecule has 0 radical (unpaired) electrons. The fourth-order valence-electron chi connectivity index (χ4n) is 2.01. The van der Waals surface area contributed by atoms with E-state index < -0.39 is 10.0 Å². The summed E-state index contributed by atoms with van der Waals surface area (Å²) in [5.74, 6) is 0. The van der Waals surface area contributed by atoms with Crippen LogP contribution in [-0.2, 0) is 16.4 Å². The monoisotopic (exact) mass is 302 g/mol. The van der Waals surface area contributed by atoms with Gasteiger partial charge in [0.05, 0.1) is 0 Å². The van der Waals surface area contributed by atoms with E-state index in [1.54, 1.807) is 6.07 Å². The number of rotatable bonds is 8. The molecule has 0 amide bonds. The third kappa shape index (κ3) is 3.78. The van der Waals surface area contributed by atoms with Crippen LogP contribution >= 0.6 is 11.3 Å². The second-order valence-electron chi connectivity index (χ2n) is 4.79. The van der Waals surface area contributed by atoms with Gasteiger partial charge < -0.3 is 5.32 Å². The summed E-state index contributed by atoms with van der Waals surface area (Å²) in [5, 5.41) is 3.44. The molecule has 1 aromatic heterocycles. The van der Waals surface area contributed by atoms with Crippen LogP contribution < -0.4 is 5.32 Å². The fourth-order valence-corrected chi connectivity index (χ4v) is 4.98. The number of thiophene rings is 1. The molecule has 0 bridgehead atoms. The quantitative estimate of drug-likeness (QED) is 0.800. The average molecular weight is 302 g/mol. The molecule has 19 heavy (non-hydrogen) atoms. The molecule has 1 aliphatic carbocycles. The molecule has 108 valence electrons. The van der Waals surface area contributed by atoms with E-state index in [0.29, 0.717) is 23.3 Å². The highest BCUT2D eigenvalue weighted by atomic mass is 32.2. The van der Waals surface area contributed by atoms with Crippen molar-refractivity contribution >= 4 is 21.4 Å². The fraction of sp³-hybridized carbons (Fsp3) is 0.692. The Labute approximate surface area is 119 Å². The summed E-state index contributed by atoms with van der Waals surface area (Å²) in [6.45, 7) is 5.73. The number of hydrogen-bond acceptors (Lipinski definition) is 4. The van der Waals surface area contributed by atoms with E-state index in [9.17, 15) is 8.42 Å². The van der Waals surface area contributed by atoms with Crippen molar-refractivity contribution in [2.24, 2.45) is 0 Å². The van der Waals surface area contributed by atoms with E-state index in [1.807, 2.05) is 19.9 Å². The topological polar surface area (TPSA) is 49.4 Å². The smallest absolute Gasteiger partial charge is 0.252 e. The van der Waals surface area contributed by atoms with Crippen LogP contribution in [0.2, 0.25) is 0 Å². The van der Waals surface area contributed by atoms with E-state index >= 15 is 0 Å². The second kappa shape index (κ2) is 6.35. The zero-order chi connectivity index (χ0) is 13.9. The molecule has 0 aromatic carbocycles. The minimum absolute atomic E-state index is 0.470. The van der Waals surface area contributed by atoms with Gasteiger partial charge in [-0.25, -0.2) is 8.42 Å². The Balaban J connectivity index is 1.98. The van der Waals surface area contributed by atoms with Crippen molar-refractivity contribution in [3.05, 3.63) is 17.0 Å². The maximum Gasteiger partial charge on any atom is 0.252 e. The minimum atomic E-state index is -3.28. The van der Waals surface area contributed by atoms with Crippen LogP contribution in [0.1, 0.15) is 31.6 Å². The zero-order valence-electron chi connectivity index (χ0n) is 11.6. The minimum Gasteiger partial charge on any atom is -0.314 e. The third-order valence-electron chi connectivity index (χ3n) is 3.32. The van der Waals surface area contributed by atoms with Gasteiger partial charge in [-0.15, -0.1) is 11.3 Å². The zero-order valence-corrected chi connectivity index (χ0v) is 13.2. The lowest BCUT2D eigenvalue weighted by atomic mass is 10.3. The molecule has 1 N–H and O–H groups in total. The van der Waals surface area contributed by atoms with Crippen LogP contribution in [0.15, 0.2) is 16.3 Å². The summed E-state index contributed by atoms with van der Waals surface area (Å²) in [6, 6.07) is 4.39. The highest BCUT2D eigenvalue weighted by Crippen LogP contribution is 2.25. The summed E-state index contributed by atoms with van der Waals surface area (Å²) < 4.78 is 26.6. The molecule has 1 heterocycles. The first-order valence-corrected chi connectivity index (χ1v) is 9.15. The predicted molar refractivity (Wildman–Crippen MR) is 79.2 cm³/mol. The maximum absolute atomic E-state index is 12.3. The van der Waals surface area contributed by atoms with Crippen molar-refractivity contribution in [2.75, 3.05) is 19.6 Å². The lowest BCUT2D eigenvalue weighted by Gasteiger charge is -2.16. The molecule has 1 saturated carbocycles.